The van der Waals surface area contributed by atoms with Gasteiger partial charge in [0.1, 0.15) is 5.82 Å². The van der Waals surface area contributed by atoms with Crippen LogP contribution in [0, 0.1) is 0 Å². The number of aliphatic imine (C=N–C) groups is 1. The predicted octanol–water partition coefficient (Wildman–Crippen LogP) is 3.35. The van der Waals surface area contributed by atoms with Crippen molar-refractivity contribution in [3.8, 4) is 0 Å². The highest BCUT2D eigenvalue weighted by atomic mass is 127. The van der Waals surface area contributed by atoms with Crippen molar-refractivity contribution in [1.82, 2.24) is 15.6 Å². The van der Waals surface area contributed by atoms with Crippen molar-refractivity contribution in [3.63, 3.8) is 0 Å². The van der Waals surface area contributed by atoms with Gasteiger partial charge in [-0.05, 0) is 42.2 Å². The molecule has 1 aromatic carbocycles. The van der Waals surface area contributed by atoms with Gasteiger partial charge in [0.2, 0.25) is 0 Å². The van der Waals surface area contributed by atoms with Gasteiger partial charge in [-0.15, -0.1) is 24.0 Å². The minimum atomic E-state index is 0. The minimum absolute atomic E-state index is 0. The van der Waals surface area contributed by atoms with Gasteiger partial charge in [0.25, 0.3) is 0 Å². The van der Waals surface area contributed by atoms with Gasteiger partial charge < -0.3 is 20.3 Å². The minimum Gasteiger partial charge on any atom is -0.375 e. The molecule has 1 fully saturated rings. The number of guanidine groups is 1. The number of nitrogens with one attached hydrogen (secondary N) is 2. The molecule has 0 bridgehead atoms. The number of aromatic nitrogens is 1. The number of hydrogen-bond acceptors (Lipinski definition) is 4. The second-order valence-corrected chi connectivity index (χ2v) is 7.05. The summed E-state index contributed by atoms with van der Waals surface area (Å²) in [6.45, 7) is 8.26. The zero-order valence-electron chi connectivity index (χ0n) is 17.5. The van der Waals surface area contributed by atoms with Gasteiger partial charge in [0.05, 0.1) is 12.7 Å². The lowest BCUT2D eigenvalue weighted by atomic mass is 10.1. The smallest absolute Gasteiger partial charge is 0.191 e. The molecule has 2 heterocycles. The molecule has 0 radical (unpaired) electrons. The van der Waals surface area contributed by atoms with Crippen molar-refractivity contribution in [3.05, 3.63) is 59.3 Å². The van der Waals surface area contributed by atoms with E-state index in [1.165, 1.54) is 16.7 Å². The quantitative estimate of drug-likeness (QED) is 0.356. The molecule has 0 saturated carbocycles. The van der Waals surface area contributed by atoms with Crippen LogP contribution >= 0.6 is 24.0 Å². The van der Waals surface area contributed by atoms with Crippen molar-refractivity contribution in [1.29, 1.82) is 0 Å². The molecule has 29 heavy (non-hydrogen) atoms. The molecule has 7 heteroatoms. The summed E-state index contributed by atoms with van der Waals surface area (Å²) in [5, 5.41) is 6.81. The normalized spacial score (nSPS) is 16.9. The van der Waals surface area contributed by atoms with Gasteiger partial charge >= 0.3 is 0 Å². The van der Waals surface area contributed by atoms with E-state index >= 15 is 0 Å². The van der Waals surface area contributed by atoms with Gasteiger partial charge in [0.15, 0.2) is 5.96 Å². The number of halogens is 1. The average molecular weight is 509 g/mol. The highest BCUT2D eigenvalue weighted by Crippen LogP contribution is 2.16. The number of hydrogen-bond donors (Lipinski definition) is 2. The predicted molar refractivity (Wildman–Crippen MR) is 130 cm³/mol. The first-order valence-electron chi connectivity index (χ1n) is 10.0. The van der Waals surface area contributed by atoms with Gasteiger partial charge in [-0.2, -0.15) is 0 Å². The second-order valence-electron chi connectivity index (χ2n) is 7.05. The molecule has 1 saturated heterocycles. The fourth-order valence-electron chi connectivity index (χ4n) is 3.43. The van der Waals surface area contributed by atoms with Crippen LogP contribution < -0.4 is 15.5 Å². The maximum atomic E-state index is 5.63. The molecule has 3 rings (SSSR count). The number of nitrogens with zero attached hydrogens (tertiary/aromatic N) is 3. The first-order valence-corrected chi connectivity index (χ1v) is 10.0. The van der Waals surface area contributed by atoms with E-state index in [4.69, 9.17) is 4.74 Å². The van der Waals surface area contributed by atoms with Gasteiger partial charge in [-0.3, -0.25) is 4.99 Å². The highest BCUT2D eigenvalue weighted by Gasteiger charge is 2.18. The van der Waals surface area contributed by atoms with E-state index in [-0.39, 0.29) is 30.1 Å². The number of anilines is 1. The fourth-order valence-corrected chi connectivity index (χ4v) is 3.43. The molecule has 2 aromatic rings. The van der Waals surface area contributed by atoms with Crippen LogP contribution in [0.5, 0.6) is 0 Å². The molecule has 2 N–H and O–H groups in total. The zero-order valence-corrected chi connectivity index (χ0v) is 19.8. The monoisotopic (exact) mass is 509 g/mol. The molecule has 1 aliphatic rings. The summed E-state index contributed by atoms with van der Waals surface area (Å²) < 4.78 is 5.63. The first-order chi connectivity index (χ1) is 13.7. The third-order valence-corrected chi connectivity index (χ3v) is 5.00. The van der Waals surface area contributed by atoms with Crippen molar-refractivity contribution in [2.45, 2.75) is 39.5 Å². The van der Waals surface area contributed by atoms with Crippen LogP contribution in [0.3, 0.4) is 0 Å². The van der Waals surface area contributed by atoms with E-state index in [1.54, 1.807) is 7.05 Å². The maximum Gasteiger partial charge on any atom is 0.191 e. The van der Waals surface area contributed by atoms with E-state index in [0.29, 0.717) is 6.54 Å². The van der Waals surface area contributed by atoms with Crippen molar-refractivity contribution >= 4 is 35.8 Å². The summed E-state index contributed by atoms with van der Waals surface area (Å²) in [6.07, 6.45) is 3.15. The standard InChI is InChI=1S/C22H31N5O.HI/c1-4-19-7-5-6-8-20(19)15-26-22(23-3)25-14-18-9-10-24-21(13-18)27-11-12-28-17(2)16-27;/h5-10,13,17H,4,11-12,14-16H2,1-3H3,(H2,23,25,26);1H. The molecule has 0 spiro atoms. The summed E-state index contributed by atoms with van der Waals surface area (Å²) >= 11 is 0. The third kappa shape index (κ3) is 6.85. The molecule has 0 aliphatic carbocycles. The maximum absolute atomic E-state index is 5.63. The van der Waals surface area contributed by atoms with Crippen molar-refractivity contribution < 1.29 is 4.74 Å². The lowest BCUT2D eigenvalue weighted by molar-refractivity contribution is 0.0529. The summed E-state index contributed by atoms with van der Waals surface area (Å²) in [7, 11) is 1.80. The summed E-state index contributed by atoms with van der Waals surface area (Å²) in [4.78, 5) is 11.2. The van der Waals surface area contributed by atoms with E-state index in [0.717, 1.165) is 44.4 Å². The molecule has 158 valence electrons. The number of morpholine rings is 1. The molecule has 6 nitrogen and oxygen atoms in total. The highest BCUT2D eigenvalue weighted by molar-refractivity contribution is 14.0. The van der Waals surface area contributed by atoms with Crippen LogP contribution in [0.15, 0.2) is 47.6 Å². The van der Waals surface area contributed by atoms with Crippen LogP contribution in [0.1, 0.15) is 30.5 Å². The van der Waals surface area contributed by atoms with Crippen LogP contribution in [0.4, 0.5) is 5.82 Å². The Balaban J connectivity index is 0.00000300. The van der Waals surface area contributed by atoms with Crippen molar-refractivity contribution in [2.24, 2.45) is 4.99 Å². The Bertz CT molecular complexity index is 798. The molecule has 1 unspecified atom stereocenters. The number of rotatable bonds is 6. The molecule has 1 aliphatic heterocycles. The van der Waals surface area contributed by atoms with E-state index in [1.807, 2.05) is 12.3 Å². The topological polar surface area (TPSA) is 61.8 Å². The van der Waals surface area contributed by atoms with Crippen LogP contribution in [0.25, 0.3) is 0 Å². The average Bonchev–Trinajstić information content (AvgIpc) is 2.74. The third-order valence-electron chi connectivity index (χ3n) is 5.00. The largest absolute Gasteiger partial charge is 0.375 e. The Morgan fingerprint density at radius 2 is 1.97 bits per heavy atom. The lowest BCUT2D eigenvalue weighted by Crippen LogP contribution is -2.41. The Kier molecular flexibility index (Phi) is 9.66. The van der Waals surface area contributed by atoms with E-state index in [9.17, 15) is 0 Å². The number of benzene rings is 1. The zero-order chi connectivity index (χ0) is 19.8. The number of aryl methyl sites for hydroxylation is 1. The van der Waals surface area contributed by atoms with Crippen molar-refractivity contribution in [2.75, 3.05) is 31.6 Å². The van der Waals surface area contributed by atoms with Crippen LogP contribution in [0.2, 0.25) is 0 Å². The lowest BCUT2D eigenvalue weighted by Gasteiger charge is -2.32. The Morgan fingerprint density at radius 3 is 2.69 bits per heavy atom. The van der Waals surface area contributed by atoms with Gasteiger partial charge in [-0.1, -0.05) is 31.2 Å². The van der Waals surface area contributed by atoms with E-state index < -0.39 is 0 Å². The fraction of sp³-hybridized carbons (Fsp3) is 0.455. The Labute approximate surface area is 191 Å². The summed E-state index contributed by atoms with van der Waals surface area (Å²) in [5.41, 5.74) is 3.85. The Hall–Kier alpha value is -1.87. The number of pyridine rings is 1. The van der Waals surface area contributed by atoms with Crippen LogP contribution in [-0.4, -0.2) is 43.8 Å². The van der Waals surface area contributed by atoms with Crippen LogP contribution in [-0.2, 0) is 24.2 Å². The molecule has 1 aromatic heterocycles. The molecule has 0 amide bonds. The molecular weight excluding hydrogens is 477 g/mol. The summed E-state index contributed by atoms with van der Waals surface area (Å²) in [5.74, 6) is 1.80. The number of ether oxygens (including phenoxy) is 1. The van der Waals surface area contributed by atoms with Gasteiger partial charge in [-0.25, -0.2) is 4.98 Å². The first kappa shape index (κ1) is 23.4. The van der Waals surface area contributed by atoms with Gasteiger partial charge in [0, 0.05) is 39.4 Å². The SMILES string of the molecule is CCc1ccccc1CNC(=NC)NCc1ccnc(N2CCOC(C)C2)c1.I. The Morgan fingerprint density at radius 1 is 1.21 bits per heavy atom. The molecule has 1 atom stereocenters. The molecular formula is C22H32IN5O. The summed E-state index contributed by atoms with van der Waals surface area (Å²) in [6, 6.07) is 12.7. The van der Waals surface area contributed by atoms with E-state index in [2.05, 4.69) is 69.7 Å². The second kappa shape index (κ2) is 12.0.